The molecule has 4 nitrogen and oxygen atoms in total. The fourth-order valence-electron chi connectivity index (χ4n) is 3.60. The third kappa shape index (κ3) is 5.88. The van der Waals surface area contributed by atoms with Crippen molar-refractivity contribution in [3.8, 4) is 0 Å². The van der Waals surface area contributed by atoms with Gasteiger partial charge in [0.15, 0.2) is 0 Å². The quantitative estimate of drug-likeness (QED) is 0.815. The highest BCUT2D eigenvalue weighted by atomic mass is 35.5. The molecule has 3 atom stereocenters. The van der Waals surface area contributed by atoms with E-state index in [4.69, 9.17) is 0 Å². The molecule has 2 heterocycles. The third-order valence-corrected chi connectivity index (χ3v) is 4.80. The summed E-state index contributed by atoms with van der Waals surface area (Å²) in [5.41, 5.74) is 0.0389. The first-order chi connectivity index (χ1) is 9.38. The van der Waals surface area contributed by atoms with E-state index >= 15 is 0 Å². The molecule has 0 spiro atoms. The lowest BCUT2D eigenvalue weighted by Crippen LogP contribution is -2.57. The topological polar surface area (TPSA) is 44.4 Å². The summed E-state index contributed by atoms with van der Waals surface area (Å²) in [7, 11) is 0. The van der Waals surface area contributed by atoms with Crippen LogP contribution in [0.4, 0.5) is 0 Å². The van der Waals surface area contributed by atoms with Crippen molar-refractivity contribution in [1.82, 2.24) is 15.5 Å². The minimum absolute atomic E-state index is 0. The molecule has 2 aliphatic heterocycles. The number of halogens is 2. The average molecular weight is 354 g/mol. The summed E-state index contributed by atoms with van der Waals surface area (Å²) in [5.74, 6) is 1.68. The first-order valence-electron chi connectivity index (χ1n) is 8.14. The third-order valence-electron chi connectivity index (χ3n) is 4.80. The van der Waals surface area contributed by atoms with Gasteiger partial charge < -0.3 is 10.6 Å². The summed E-state index contributed by atoms with van der Waals surface area (Å²) < 4.78 is 0. The van der Waals surface area contributed by atoms with Crippen LogP contribution in [0, 0.1) is 11.8 Å². The number of carbonyl (C=O) groups excluding carboxylic acids is 1. The number of rotatable bonds is 4. The van der Waals surface area contributed by atoms with Gasteiger partial charge in [-0.2, -0.15) is 0 Å². The summed E-state index contributed by atoms with van der Waals surface area (Å²) in [4.78, 5) is 14.7. The van der Waals surface area contributed by atoms with E-state index in [2.05, 4.69) is 43.2 Å². The summed E-state index contributed by atoms with van der Waals surface area (Å²) in [6.45, 7) is 13.2. The highest BCUT2D eigenvalue weighted by molar-refractivity contribution is 5.85. The summed E-state index contributed by atoms with van der Waals surface area (Å²) >= 11 is 0. The Kier molecular flexibility index (Phi) is 9.30. The smallest absolute Gasteiger partial charge is 0.237 e. The zero-order chi connectivity index (χ0) is 14.8. The van der Waals surface area contributed by atoms with Crippen LogP contribution in [0.3, 0.4) is 0 Å². The molecular formula is C16H33Cl2N3O. The molecule has 22 heavy (non-hydrogen) atoms. The van der Waals surface area contributed by atoms with Crippen LogP contribution >= 0.6 is 24.8 Å². The monoisotopic (exact) mass is 353 g/mol. The number of piperidine rings is 1. The van der Waals surface area contributed by atoms with E-state index in [9.17, 15) is 4.79 Å². The molecule has 0 aromatic heterocycles. The van der Waals surface area contributed by atoms with Crippen molar-refractivity contribution in [3.63, 3.8) is 0 Å². The second-order valence-electron chi connectivity index (χ2n) is 7.53. The first-order valence-corrected chi connectivity index (χ1v) is 8.14. The molecule has 0 aromatic rings. The fourth-order valence-corrected chi connectivity index (χ4v) is 3.60. The summed E-state index contributed by atoms with van der Waals surface area (Å²) in [6.07, 6.45) is 3.41. The van der Waals surface area contributed by atoms with Gasteiger partial charge in [-0.1, -0.05) is 13.8 Å². The average Bonchev–Trinajstić information content (AvgIpc) is 2.88. The second-order valence-corrected chi connectivity index (χ2v) is 7.53. The van der Waals surface area contributed by atoms with Gasteiger partial charge in [0.25, 0.3) is 0 Å². The van der Waals surface area contributed by atoms with Crippen LogP contribution < -0.4 is 10.6 Å². The molecule has 2 rings (SSSR count). The molecule has 2 aliphatic rings. The van der Waals surface area contributed by atoms with E-state index in [-0.39, 0.29) is 42.3 Å². The lowest BCUT2D eigenvalue weighted by Gasteiger charge is -2.45. The Labute approximate surface area is 148 Å². The Bertz CT molecular complexity index is 336. The number of likely N-dealkylation sites (tertiary alicyclic amines) is 1. The Morgan fingerprint density at radius 2 is 1.82 bits per heavy atom. The van der Waals surface area contributed by atoms with Crippen LogP contribution in [-0.4, -0.2) is 48.6 Å². The van der Waals surface area contributed by atoms with Crippen LogP contribution in [0.15, 0.2) is 0 Å². The lowest BCUT2D eigenvalue weighted by molar-refractivity contribution is -0.123. The molecule has 3 unspecified atom stereocenters. The van der Waals surface area contributed by atoms with E-state index < -0.39 is 0 Å². The lowest BCUT2D eigenvalue weighted by atomic mass is 9.88. The van der Waals surface area contributed by atoms with Gasteiger partial charge in [-0.25, -0.2) is 0 Å². The second kappa shape index (κ2) is 9.31. The summed E-state index contributed by atoms with van der Waals surface area (Å²) in [6, 6.07) is 0.0324. The molecule has 0 radical (unpaired) electrons. The van der Waals surface area contributed by atoms with Crippen LogP contribution in [0.2, 0.25) is 0 Å². The van der Waals surface area contributed by atoms with Gasteiger partial charge in [0.05, 0.1) is 6.04 Å². The fraction of sp³-hybridized carbons (Fsp3) is 0.938. The molecule has 2 fully saturated rings. The van der Waals surface area contributed by atoms with E-state index in [1.807, 2.05) is 0 Å². The molecule has 6 heteroatoms. The van der Waals surface area contributed by atoms with E-state index in [1.54, 1.807) is 0 Å². The maximum atomic E-state index is 12.1. The minimum atomic E-state index is 0. The zero-order valence-electron chi connectivity index (χ0n) is 14.4. The number of nitrogens with zero attached hydrogens (tertiary/aromatic N) is 1. The van der Waals surface area contributed by atoms with Crippen molar-refractivity contribution in [2.75, 3.05) is 26.2 Å². The Morgan fingerprint density at radius 1 is 1.23 bits per heavy atom. The number of carbonyl (C=O) groups is 1. The predicted octanol–water partition coefficient (Wildman–Crippen LogP) is 2.45. The van der Waals surface area contributed by atoms with Crippen molar-refractivity contribution >= 4 is 30.7 Å². The predicted molar refractivity (Wildman–Crippen MR) is 97.1 cm³/mol. The normalized spacial score (nSPS) is 29.4. The molecule has 0 bridgehead atoms. The van der Waals surface area contributed by atoms with Crippen molar-refractivity contribution in [1.29, 1.82) is 0 Å². The van der Waals surface area contributed by atoms with Gasteiger partial charge in [-0.05, 0) is 51.5 Å². The number of amides is 1. The molecule has 2 N–H and O–H groups in total. The molecule has 0 saturated carbocycles. The SMILES string of the molecule is CC1CC(C)CN(C(C)(C)CNC(=O)C2CCCN2)C1.Cl.Cl. The highest BCUT2D eigenvalue weighted by Gasteiger charge is 2.33. The van der Waals surface area contributed by atoms with Gasteiger partial charge in [-0.3, -0.25) is 9.69 Å². The van der Waals surface area contributed by atoms with Gasteiger partial charge in [0.2, 0.25) is 5.91 Å². The van der Waals surface area contributed by atoms with Gasteiger partial charge in [0, 0.05) is 25.2 Å². The van der Waals surface area contributed by atoms with Crippen molar-refractivity contribution in [2.24, 2.45) is 11.8 Å². The maximum Gasteiger partial charge on any atom is 0.237 e. The molecule has 2 saturated heterocycles. The van der Waals surface area contributed by atoms with Crippen LogP contribution in [-0.2, 0) is 4.79 Å². The molecule has 0 aromatic carbocycles. The van der Waals surface area contributed by atoms with Crippen molar-refractivity contribution in [2.45, 2.75) is 58.5 Å². The molecule has 132 valence electrons. The standard InChI is InChI=1S/C16H31N3O.2ClH/c1-12-8-13(2)10-19(9-12)16(3,4)11-18-15(20)14-6-5-7-17-14;;/h12-14,17H,5-11H2,1-4H3,(H,18,20);2*1H. The Morgan fingerprint density at radius 3 is 2.32 bits per heavy atom. The maximum absolute atomic E-state index is 12.1. The summed E-state index contributed by atoms with van der Waals surface area (Å²) in [5, 5.41) is 6.41. The van der Waals surface area contributed by atoms with Gasteiger partial charge in [-0.15, -0.1) is 24.8 Å². The first kappa shape index (κ1) is 22.0. The van der Waals surface area contributed by atoms with Gasteiger partial charge in [0.1, 0.15) is 0 Å². The van der Waals surface area contributed by atoms with Crippen molar-refractivity contribution in [3.05, 3.63) is 0 Å². The van der Waals surface area contributed by atoms with Crippen LogP contribution in [0.1, 0.15) is 47.0 Å². The molecule has 0 aliphatic carbocycles. The van der Waals surface area contributed by atoms with Crippen LogP contribution in [0.5, 0.6) is 0 Å². The Balaban J connectivity index is 0.00000220. The number of nitrogens with one attached hydrogen (secondary N) is 2. The number of hydrogen-bond acceptors (Lipinski definition) is 3. The van der Waals surface area contributed by atoms with E-state index in [0.717, 1.165) is 50.9 Å². The van der Waals surface area contributed by atoms with E-state index in [1.165, 1.54) is 6.42 Å². The van der Waals surface area contributed by atoms with Crippen LogP contribution in [0.25, 0.3) is 0 Å². The Hall–Kier alpha value is -0.0300. The zero-order valence-corrected chi connectivity index (χ0v) is 16.0. The van der Waals surface area contributed by atoms with Gasteiger partial charge >= 0.3 is 0 Å². The van der Waals surface area contributed by atoms with E-state index in [0.29, 0.717) is 0 Å². The van der Waals surface area contributed by atoms with Crippen molar-refractivity contribution < 1.29 is 4.79 Å². The highest BCUT2D eigenvalue weighted by Crippen LogP contribution is 2.26. The minimum Gasteiger partial charge on any atom is -0.353 e. The molecule has 1 amide bonds. The largest absolute Gasteiger partial charge is 0.353 e. The molecular weight excluding hydrogens is 321 g/mol. The number of hydrogen-bond donors (Lipinski definition) is 2.